The van der Waals surface area contributed by atoms with Gasteiger partial charge in [-0.1, -0.05) is 55.8 Å². The molecule has 5 aromatic rings. The summed E-state index contributed by atoms with van der Waals surface area (Å²) < 4.78 is 84.3. The highest BCUT2D eigenvalue weighted by Gasteiger charge is 2.45. The number of H-pyrrole nitrogens is 1. The molecule has 3 aromatic carbocycles. The Morgan fingerprint density at radius 3 is 2.20 bits per heavy atom. The van der Waals surface area contributed by atoms with Gasteiger partial charge < -0.3 is 4.98 Å². The number of halogens is 7. The van der Waals surface area contributed by atoms with E-state index < -0.39 is 29.0 Å². The van der Waals surface area contributed by atoms with E-state index in [-0.39, 0.29) is 24.7 Å². The van der Waals surface area contributed by atoms with Crippen molar-refractivity contribution in [3.05, 3.63) is 105 Å². The quantitative estimate of drug-likeness (QED) is 0.187. The highest BCUT2D eigenvalue weighted by atomic mass is 35.5. The van der Waals surface area contributed by atoms with Crippen molar-refractivity contribution in [3.63, 3.8) is 0 Å². The summed E-state index contributed by atoms with van der Waals surface area (Å²) in [5.74, 6) is 0. The first-order valence-electron chi connectivity index (χ1n) is 14.7. The third kappa shape index (κ3) is 5.21. The van der Waals surface area contributed by atoms with Crippen LogP contribution < -0.4 is 0 Å². The van der Waals surface area contributed by atoms with Gasteiger partial charge in [-0.2, -0.15) is 31.4 Å². The number of aromatic amines is 1. The van der Waals surface area contributed by atoms with Gasteiger partial charge in [0.2, 0.25) is 0 Å². The van der Waals surface area contributed by atoms with Crippen LogP contribution in [0.2, 0.25) is 5.02 Å². The first-order valence-corrected chi connectivity index (χ1v) is 15.1. The van der Waals surface area contributed by atoms with Gasteiger partial charge in [0, 0.05) is 35.8 Å². The van der Waals surface area contributed by atoms with Crippen LogP contribution in [0.3, 0.4) is 0 Å². The van der Waals surface area contributed by atoms with Crippen LogP contribution in [0.5, 0.6) is 0 Å². The zero-order valence-corrected chi connectivity index (χ0v) is 25.8. The number of hydrogen-bond donors (Lipinski definition) is 1. The van der Waals surface area contributed by atoms with E-state index in [9.17, 15) is 26.3 Å². The maximum atomic E-state index is 14.1. The highest BCUT2D eigenvalue weighted by Crippen LogP contribution is 2.47. The van der Waals surface area contributed by atoms with E-state index in [1.807, 2.05) is 47.7 Å². The van der Waals surface area contributed by atoms with Crippen molar-refractivity contribution < 1.29 is 26.3 Å². The molecule has 0 fully saturated rings. The van der Waals surface area contributed by atoms with Crippen molar-refractivity contribution >= 4 is 22.5 Å². The second-order valence-corrected chi connectivity index (χ2v) is 12.3. The zero-order chi connectivity index (χ0) is 32.5. The lowest BCUT2D eigenvalue weighted by molar-refractivity contribution is -0.143. The monoisotopic (exact) mass is 644 g/mol. The molecule has 0 amide bonds. The SMILES string of the molecule is CCc1cccc(CC)c1-n1nc2c(c1-c1ccc(Cl)c3[nH]ccc13)CN(Cc1ccc(C(F)(F)F)cc1C(F)(F)F)C2(C)C. The predicted octanol–water partition coefficient (Wildman–Crippen LogP) is 10.1. The summed E-state index contributed by atoms with van der Waals surface area (Å²) in [5.41, 5.74) is 3.43. The molecule has 11 heteroatoms. The van der Waals surface area contributed by atoms with Gasteiger partial charge in [0.25, 0.3) is 0 Å². The molecule has 1 aliphatic heterocycles. The summed E-state index contributed by atoms with van der Waals surface area (Å²) >= 11 is 6.53. The third-order valence-corrected chi connectivity index (χ3v) is 9.23. The topological polar surface area (TPSA) is 36.9 Å². The Morgan fingerprint density at radius 2 is 1.58 bits per heavy atom. The number of hydrogen-bond acceptors (Lipinski definition) is 2. The molecule has 236 valence electrons. The number of rotatable bonds is 6. The van der Waals surface area contributed by atoms with Crippen LogP contribution in [0.1, 0.15) is 66.8 Å². The zero-order valence-electron chi connectivity index (χ0n) is 25.1. The van der Waals surface area contributed by atoms with E-state index in [0.717, 1.165) is 63.4 Å². The van der Waals surface area contributed by atoms with Crippen molar-refractivity contribution in [1.29, 1.82) is 0 Å². The van der Waals surface area contributed by atoms with Crippen LogP contribution in [0.15, 0.2) is 60.8 Å². The van der Waals surface area contributed by atoms with Crippen LogP contribution >= 0.6 is 11.6 Å². The Hall–Kier alpha value is -3.76. The predicted molar refractivity (Wildman–Crippen MR) is 163 cm³/mol. The van der Waals surface area contributed by atoms with E-state index in [4.69, 9.17) is 16.7 Å². The molecule has 0 aliphatic carbocycles. The maximum absolute atomic E-state index is 14.1. The Labute approximate surface area is 261 Å². The molecule has 0 spiro atoms. The number of para-hydroxylation sites is 1. The largest absolute Gasteiger partial charge is 0.416 e. The minimum absolute atomic E-state index is 0.202. The smallest absolute Gasteiger partial charge is 0.360 e. The highest BCUT2D eigenvalue weighted by molar-refractivity contribution is 6.35. The molecule has 0 saturated carbocycles. The van der Waals surface area contributed by atoms with Crippen LogP contribution in [-0.2, 0) is 43.8 Å². The standard InChI is InChI=1S/C34H31ClF6N4/c1-5-19-8-7-9-20(6-2)29(19)45-30(24-12-13-27(35)28-23(24)14-15-42-28)25-18-44(32(3,4)31(25)43-45)17-21-10-11-22(33(36,37)38)16-26(21)34(39,40)41/h7-16,42H,5-6,17-18H2,1-4H3. The summed E-state index contributed by atoms with van der Waals surface area (Å²) in [6.07, 6.45) is -6.53. The summed E-state index contributed by atoms with van der Waals surface area (Å²) in [7, 11) is 0. The van der Waals surface area contributed by atoms with Crippen molar-refractivity contribution in [1.82, 2.24) is 19.7 Å². The minimum Gasteiger partial charge on any atom is -0.360 e. The lowest BCUT2D eigenvalue weighted by atomic mass is 9.96. The minimum atomic E-state index is -4.96. The van der Waals surface area contributed by atoms with Gasteiger partial charge >= 0.3 is 12.4 Å². The lowest BCUT2D eigenvalue weighted by Gasteiger charge is -2.33. The number of fused-ring (bicyclic) bond motifs is 2. The van der Waals surface area contributed by atoms with Gasteiger partial charge in [-0.15, -0.1) is 0 Å². The van der Waals surface area contributed by atoms with Crippen LogP contribution in [0.25, 0.3) is 27.8 Å². The molecule has 0 bridgehead atoms. The van der Waals surface area contributed by atoms with Gasteiger partial charge in [0.05, 0.1) is 44.3 Å². The van der Waals surface area contributed by atoms with Crippen LogP contribution in [0.4, 0.5) is 26.3 Å². The molecule has 1 N–H and O–H groups in total. The Kier molecular flexibility index (Phi) is 7.60. The van der Waals surface area contributed by atoms with E-state index >= 15 is 0 Å². The number of aromatic nitrogens is 3. The number of nitrogens with zero attached hydrogens (tertiary/aromatic N) is 3. The maximum Gasteiger partial charge on any atom is 0.416 e. The molecule has 6 rings (SSSR count). The van der Waals surface area contributed by atoms with E-state index in [2.05, 4.69) is 31.0 Å². The van der Waals surface area contributed by atoms with Gasteiger partial charge in [0.15, 0.2) is 0 Å². The van der Waals surface area contributed by atoms with Crippen molar-refractivity contribution in [2.45, 2.75) is 71.5 Å². The van der Waals surface area contributed by atoms with E-state index in [1.165, 1.54) is 0 Å². The first-order chi connectivity index (χ1) is 21.2. The molecule has 4 nitrogen and oxygen atoms in total. The van der Waals surface area contributed by atoms with Gasteiger partial charge in [-0.3, -0.25) is 4.90 Å². The molecule has 0 radical (unpaired) electrons. The molecule has 0 unspecified atom stereocenters. The lowest BCUT2D eigenvalue weighted by Crippen LogP contribution is -2.36. The number of alkyl halides is 6. The van der Waals surface area contributed by atoms with Crippen LogP contribution in [-0.4, -0.2) is 19.7 Å². The molecule has 1 aliphatic rings. The Balaban J connectivity index is 1.54. The first kappa shape index (κ1) is 31.2. The Morgan fingerprint density at radius 1 is 0.889 bits per heavy atom. The van der Waals surface area contributed by atoms with Gasteiger partial charge in [0.1, 0.15) is 0 Å². The summed E-state index contributed by atoms with van der Waals surface area (Å²) in [6, 6.07) is 13.7. The normalized spacial score (nSPS) is 15.3. The number of aryl methyl sites for hydroxylation is 2. The summed E-state index contributed by atoms with van der Waals surface area (Å²) in [6.45, 7) is 7.95. The molecule has 3 heterocycles. The average Bonchev–Trinajstić information content (AvgIpc) is 3.67. The van der Waals surface area contributed by atoms with E-state index in [0.29, 0.717) is 16.8 Å². The van der Waals surface area contributed by atoms with E-state index in [1.54, 1.807) is 6.20 Å². The third-order valence-electron chi connectivity index (χ3n) is 8.91. The molecule has 0 atom stereocenters. The average molecular weight is 645 g/mol. The summed E-state index contributed by atoms with van der Waals surface area (Å²) in [4.78, 5) is 5.04. The fourth-order valence-corrected chi connectivity index (χ4v) is 6.72. The van der Waals surface area contributed by atoms with Crippen molar-refractivity contribution in [2.24, 2.45) is 0 Å². The fraction of sp³-hybridized carbons (Fsp3) is 0.324. The van der Waals surface area contributed by atoms with Crippen molar-refractivity contribution in [2.75, 3.05) is 0 Å². The number of benzene rings is 3. The molecule has 2 aromatic heterocycles. The van der Waals surface area contributed by atoms with Gasteiger partial charge in [-0.05, 0) is 67.6 Å². The second-order valence-electron chi connectivity index (χ2n) is 11.9. The fourth-order valence-electron chi connectivity index (χ4n) is 6.50. The van der Waals surface area contributed by atoms with Crippen LogP contribution in [0, 0.1) is 0 Å². The Bertz CT molecular complexity index is 1890. The van der Waals surface area contributed by atoms with Gasteiger partial charge in [-0.25, -0.2) is 4.68 Å². The molecular weight excluding hydrogens is 614 g/mol. The van der Waals surface area contributed by atoms with Crippen molar-refractivity contribution in [3.8, 4) is 16.9 Å². The molecular formula is C34H31ClF6N4. The number of nitrogens with one attached hydrogen (secondary N) is 1. The summed E-state index contributed by atoms with van der Waals surface area (Å²) in [5, 5.41) is 6.61. The molecule has 0 saturated heterocycles. The second kappa shape index (κ2) is 10.9. The molecule has 45 heavy (non-hydrogen) atoms.